The molecule has 1 heterocycles. The van der Waals surface area contributed by atoms with Gasteiger partial charge in [0.25, 0.3) is 11.7 Å². The number of Topliss-reactive ketones (excluding diaryl/α,β-unsaturated/α-hetero) is 1. The number of halogens is 1. The molecule has 188 valence electrons. The zero-order chi connectivity index (χ0) is 25.7. The van der Waals surface area contributed by atoms with Crippen molar-refractivity contribution in [2.24, 2.45) is 0 Å². The molecule has 0 spiro atoms. The van der Waals surface area contributed by atoms with Gasteiger partial charge in [-0.1, -0.05) is 13.8 Å². The molecule has 1 aliphatic rings. The molecule has 35 heavy (non-hydrogen) atoms. The Bertz CT molecular complexity index is 1090. The van der Waals surface area contributed by atoms with Gasteiger partial charge in [0.1, 0.15) is 11.6 Å². The van der Waals surface area contributed by atoms with Crippen molar-refractivity contribution in [3.8, 4) is 17.2 Å². The van der Waals surface area contributed by atoms with Crippen LogP contribution < -0.4 is 14.2 Å². The Kier molecular flexibility index (Phi) is 8.34. The van der Waals surface area contributed by atoms with Crippen LogP contribution in [0.5, 0.6) is 17.2 Å². The number of carbonyl (C=O) groups is 2. The standard InChI is InChI=1S/C26H31FN2O6/c1-6-28(7-2)12-13-29-22(17-14-19(33-3)25(35-5)20(15-17)34-4)21(24(31)26(29)32)23(30)16-8-10-18(27)11-9-16/h8-11,14-15,22,30H,6-7,12-13H2,1-5H3/t22-/m0/s1. The molecule has 1 atom stereocenters. The Morgan fingerprint density at radius 2 is 1.57 bits per heavy atom. The van der Waals surface area contributed by atoms with Crippen LogP contribution in [0.1, 0.15) is 31.0 Å². The van der Waals surface area contributed by atoms with Crippen molar-refractivity contribution in [2.75, 3.05) is 47.5 Å². The van der Waals surface area contributed by atoms with Gasteiger partial charge in [-0.25, -0.2) is 4.39 Å². The molecule has 1 fully saturated rings. The second kappa shape index (κ2) is 11.2. The van der Waals surface area contributed by atoms with Crippen molar-refractivity contribution in [3.63, 3.8) is 0 Å². The summed E-state index contributed by atoms with van der Waals surface area (Å²) in [7, 11) is 4.42. The quantitative estimate of drug-likeness (QED) is 0.312. The summed E-state index contributed by atoms with van der Waals surface area (Å²) in [5.74, 6) is -1.35. The molecule has 3 rings (SSSR count). The molecule has 1 aliphatic heterocycles. The minimum Gasteiger partial charge on any atom is -0.507 e. The number of aliphatic hydroxyl groups is 1. The molecule has 8 nitrogen and oxygen atoms in total. The molecule has 0 aliphatic carbocycles. The zero-order valence-electron chi connectivity index (χ0n) is 20.6. The van der Waals surface area contributed by atoms with Crippen LogP contribution in [0, 0.1) is 5.82 Å². The summed E-state index contributed by atoms with van der Waals surface area (Å²) >= 11 is 0. The third-order valence-electron chi connectivity index (χ3n) is 6.21. The first-order valence-electron chi connectivity index (χ1n) is 11.4. The largest absolute Gasteiger partial charge is 0.507 e. The van der Waals surface area contributed by atoms with Crippen LogP contribution in [0.4, 0.5) is 4.39 Å². The van der Waals surface area contributed by atoms with E-state index in [1.54, 1.807) is 12.1 Å². The average Bonchev–Trinajstić information content (AvgIpc) is 3.13. The number of rotatable bonds is 10. The normalized spacial score (nSPS) is 17.2. The van der Waals surface area contributed by atoms with Gasteiger partial charge in [-0.3, -0.25) is 9.59 Å². The molecule has 1 N–H and O–H groups in total. The second-order valence-electron chi connectivity index (χ2n) is 7.98. The fourth-order valence-corrected chi connectivity index (χ4v) is 4.27. The SMILES string of the molecule is CCN(CC)CCN1C(=O)C(=O)C(=C(O)c2ccc(F)cc2)[C@@H]1c1cc(OC)c(OC)c(OC)c1. The first-order valence-corrected chi connectivity index (χ1v) is 11.4. The van der Waals surface area contributed by atoms with E-state index in [2.05, 4.69) is 4.90 Å². The third-order valence-corrected chi connectivity index (χ3v) is 6.21. The predicted molar refractivity (Wildman–Crippen MR) is 129 cm³/mol. The van der Waals surface area contributed by atoms with E-state index in [-0.39, 0.29) is 23.4 Å². The van der Waals surface area contributed by atoms with Crippen LogP contribution >= 0.6 is 0 Å². The Morgan fingerprint density at radius 3 is 2.06 bits per heavy atom. The number of nitrogens with zero attached hydrogens (tertiary/aromatic N) is 2. The number of ketones is 1. The first kappa shape index (κ1) is 26.0. The van der Waals surface area contributed by atoms with Crippen molar-refractivity contribution < 1.29 is 33.3 Å². The number of hydrogen-bond donors (Lipinski definition) is 1. The maximum absolute atomic E-state index is 13.5. The van der Waals surface area contributed by atoms with Gasteiger partial charge < -0.3 is 29.1 Å². The van der Waals surface area contributed by atoms with Crippen LogP contribution in [0.2, 0.25) is 0 Å². The highest BCUT2D eigenvalue weighted by Crippen LogP contribution is 2.45. The molecule has 1 amide bonds. The average molecular weight is 487 g/mol. The second-order valence-corrected chi connectivity index (χ2v) is 7.98. The van der Waals surface area contributed by atoms with Gasteiger partial charge in [0.2, 0.25) is 5.75 Å². The fourth-order valence-electron chi connectivity index (χ4n) is 4.27. The van der Waals surface area contributed by atoms with Crippen molar-refractivity contribution in [2.45, 2.75) is 19.9 Å². The van der Waals surface area contributed by atoms with E-state index < -0.39 is 23.5 Å². The fraction of sp³-hybridized carbons (Fsp3) is 0.385. The molecule has 0 bridgehead atoms. The van der Waals surface area contributed by atoms with E-state index in [1.165, 1.54) is 50.5 Å². The zero-order valence-corrected chi connectivity index (χ0v) is 20.6. The Balaban J connectivity index is 2.21. The molecular weight excluding hydrogens is 455 g/mol. The predicted octanol–water partition coefficient (Wildman–Crippen LogP) is 3.62. The first-order chi connectivity index (χ1) is 16.8. The number of benzene rings is 2. The molecule has 2 aromatic carbocycles. The molecule has 0 radical (unpaired) electrons. The lowest BCUT2D eigenvalue weighted by Gasteiger charge is -2.29. The monoisotopic (exact) mass is 486 g/mol. The summed E-state index contributed by atoms with van der Waals surface area (Å²) in [6.45, 7) is 6.40. The van der Waals surface area contributed by atoms with Crippen LogP contribution in [-0.4, -0.2) is 74.1 Å². The van der Waals surface area contributed by atoms with Gasteiger partial charge in [0.05, 0.1) is 32.9 Å². The van der Waals surface area contributed by atoms with E-state index >= 15 is 0 Å². The maximum atomic E-state index is 13.5. The number of ether oxygens (including phenoxy) is 3. The summed E-state index contributed by atoms with van der Waals surface area (Å²) in [5, 5.41) is 11.1. The van der Waals surface area contributed by atoms with Gasteiger partial charge in [-0.05, 0) is 55.1 Å². The van der Waals surface area contributed by atoms with E-state index in [9.17, 15) is 19.1 Å². The van der Waals surface area contributed by atoms with Crippen LogP contribution in [0.3, 0.4) is 0 Å². The number of methoxy groups -OCH3 is 3. The number of likely N-dealkylation sites (N-methyl/N-ethyl adjacent to an activating group) is 1. The Labute approximate surface area is 204 Å². The topological polar surface area (TPSA) is 88.5 Å². The number of likely N-dealkylation sites (tertiary alicyclic amines) is 1. The lowest BCUT2D eigenvalue weighted by atomic mass is 9.94. The van der Waals surface area contributed by atoms with E-state index in [1.807, 2.05) is 13.8 Å². The highest BCUT2D eigenvalue weighted by atomic mass is 19.1. The van der Waals surface area contributed by atoms with Crippen LogP contribution in [0.25, 0.3) is 5.76 Å². The Hall–Kier alpha value is -3.59. The maximum Gasteiger partial charge on any atom is 0.295 e. The van der Waals surface area contributed by atoms with Crippen molar-refractivity contribution in [1.82, 2.24) is 9.80 Å². The minimum atomic E-state index is -0.913. The van der Waals surface area contributed by atoms with E-state index in [0.717, 1.165) is 13.1 Å². The minimum absolute atomic E-state index is 0.0876. The summed E-state index contributed by atoms with van der Waals surface area (Å²) in [6.07, 6.45) is 0. The molecule has 0 aromatic heterocycles. The van der Waals surface area contributed by atoms with Gasteiger partial charge in [-0.2, -0.15) is 0 Å². The van der Waals surface area contributed by atoms with Gasteiger partial charge in [-0.15, -0.1) is 0 Å². The summed E-state index contributed by atoms with van der Waals surface area (Å²) < 4.78 is 29.8. The highest BCUT2D eigenvalue weighted by molar-refractivity contribution is 6.46. The van der Waals surface area contributed by atoms with Crippen molar-refractivity contribution >= 4 is 17.4 Å². The third kappa shape index (κ3) is 5.09. The smallest absolute Gasteiger partial charge is 0.295 e. The lowest BCUT2D eigenvalue weighted by Crippen LogP contribution is -2.38. The molecule has 0 saturated carbocycles. The molecule has 9 heteroatoms. The number of amides is 1. The van der Waals surface area contributed by atoms with E-state index in [0.29, 0.717) is 29.4 Å². The van der Waals surface area contributed by atoms with Crippen LogP contribution in [-0.2, 0) is 9.59 Å². The van der Waals surface area contributed by atoms with Gasteiger partial charge in [0, 0.05) is 18.7 Å². The van der Waals surface area contributed by atoms with Gasteiger partial charge in [0.15, 0.2) is 11.5 Å². The van der Waals surface area contributed by atoms with Gasteiger partial charge >= 0.3 is 0 Å². The molecule has 0 unspecified atom stereocenters. The molecular formula is C26H31FN2O6. The summed E-state index contributed by atoms with van der Waals surface area (Å²) in [4.78, 5) is 30.0. The molecule has 1 saturated heterocycles. The van der Waals surface area contributed by atoms with E-state index in [4.69, 9.17) is 14.2 Å². The number of aliphatic hydroxyl groups excluding tert-OH is 1. The Morgan fingerprint density at radius 1 is 1.00 bits per heavy atom. The number of hydrogen-bond acceptors (Lipinski definition) is 7. The summed E-state index contributed by atoms with van der Waals surface area (Å²) in [6, 6.07) is 7.48. The number of carbonyl (C=O) groups excluding carboxylic acids is 2. The van der Waals surface area contributed by atoms with Crippen molar-refractivity contribution in [1.29, 1.82) is 0 Å². The van der Waals surface area contributed by atoms with Crippen LogP contribution in [0.15, 0.2) is 42.0 Å². The lowest BCUT2D eigenvalue weighted by molar-refractivity contribution is -0.140. The summed E-state index contributed by atoms with van der Waals surface area (Å²) in [5.41, 5.74) is 0.642. The highest BCUT2D eigenvalue weighted by Gasteiger charge is 2.46. The molecule has 2 aromatic rings. The van der Waals surface area contributed by atoms with Crippen molar-refractivity contribution in [3.05, 3.63) is 58.9 Å².